The molecule has 1 aromatic carbocycles. The van der Waals surface area contributed by atoms with E-state index in [1.165, 1.54) is 17.9 Å². The molecule has 2 N–H and O–H groups in total. The molecule has 0 spiro atoms. The van der Waals surface area contributed by atoms with Gasteiger partial charge in [0.15, 0.2) is 5.69 Å². The number of hydrogen-bond acceptors (Lipinski definition) is 3. The van der Waals surface area contributed by atoms with Crippen molar-refractivity contribution in [2.24, 2.45) is 7.05 Å². The molecule has 1 amide bonds. The first-order valence-electron chi connectivity index (χ1n) is 6.04. The lowest BCUT2D eigenvalue weighted by Gasteiger charge is -2.07. The molecule has 0 atom stereocenters. The molecule has 2 rings (SSSR count). The number of aromatic nitrogens is 2. The number of amides is 1. The number of carboxylic acids is 1. The Labute approximate surface area is 116 Å². The van der Waals surface area contributed by atoms with Crippen LogP contribution in [0.25, 0.3) is 0 Å². The molecular weight excluding hydrogens is 258 g/mol. The first-order chi connectivity index (χ1) is 9.40. The minimum Gasteiger partial charge on any atom is -0.476 e. The van der Waals surface area contributed by atoms with Gasteiger partial charge in [-0.1, -0.05) is 6.07 Å². The summed E-state index contributed by atoms with van der Waals surface area (Å²) >= 11 is 0. The van der Waals surface area contributed by atoms with Crippen molar-refractivity contribution in [2.45, 2.75) is 13.8 Å². The topological polar surface area (TPSA) is 84.2 Å². The summed E-state index contributed by atoms with van der Waals surface area (Å²) in [5, 5.41) is 15.5. The molecule has 1 heterocycles. The Balaban J connectivity index is 2.28. The normalized spacial score (nSPS) is 10.3. The third-order valence-corrected chi connectivity index (χ3v) is 3.16. The van der Waals surface area contributed by atoms with Gasteiger partial charge in [0.05, 0.1) is 11.9 Å². The number of aromatic carboxylic acids is 1. The van der Waals surface area contributed by atoms with Gasteiger partial charge in [0.2, 0.25) is 0 Å². The van der Waals surface area contributed by atoms with Gasteiger partial charge in [-0.2, -0.15) is 5.10 Å². The van der Waals surface area contributed by atoms with Crippen molar-refractivity contribution in [2.75, 3.05) is 5.32 Å². The number of nitrogens with one attached hydrogen (secondary N) is 1. The van der Waals surface area contributed by atoms with Crippen LogP contribution >= 0.6 is 0 Å². The second-order valence-electron chi connectivity index (χ2n) is 4.59. The molecule has 0 aliphatic heterocycles. The zero-order valence-corrected chi connectivity index (χ0v) is 11.5. The lowest BCUT2D eigenvalue weighted by Crippen LogP contribution is -2.15. The van der Waals surface area contributed by atoms with Crippen molar-refractivity contribution in [3.8, 4) is 0 Å². The summed E-state index contributed by atoms with van der Waals surface area (Å²) in [5.41, 5.74) is 2.70. The molecule has 0 unspecified atom stereocenters. The molecule has 0 aliphatic carbocycles. The fourth-order valence-electron chi connectivity index (χ4n) is 1.86. The van der Waals surface area contributed by atoms with Gasteiger partial charge >= 0.3 is 5.97 Å². The Kier molecular flexibility index (Phi) is 3.56. The standard InChI is InChI=1S/C14H15N3O3/c1-8-4-5-10(6-9(8)2)13(18)16-11-7-15-17(3)12(11)14(19)20/h4-7H,1-3H3,(H,16,18)(H,19,20). The number of carbonyl (C=O) groups is 2. The smallest absolute Gasteiger partial charge is 0.356 e. The van der Waals surface area contributed by atoms with Gasteiger partial charge in [0, 0.05) is 12.6 Å². The average molecular weight is 273 g/mol. The van der Waals surface area contributed by atoms with Crippen LogP contribution in [-0.4, -0.2) is 26.8 Å². The molecule has 20 heavy (non-hydrogen) atoms. The summed E-state index contributed by atoms with van der Waals surface area (Å²) in [6, 6.07) is 5.32. The molecular formula is C14H15N3O3. The first-order valence-corrected chi connectivity index (χ1v) is 6.04. The van der Waals surface area contributed by atoms with Crippen LogP contribution in [0.3, 0.4) is 0 Å². The fraction of sp³-hybridized carbons (Fsp3) is 0.214. The highest BCUT2D eigenvalue weighted by Gasteiger charge is 2.18. The molecule has 0 aliphatic rings. The van der Waals surface area contributed by atoms with Gasteiger partial charge in [0.1, 0.15) is 0 Å². The van der Waals surface area contributed by atoms with E-state index in [9.17, 15) is 9.59 Å². The predicted molar refractivity (Wildman–Crippen MR) is 74.0 cm³/mol. The zero-order chi connectivity index (χ0) is 14.9. The Morgan fingerprint density at radius 1 is 1.25 bits per heavy atom. The Hall–Kier alpha value is -2.63. The van der Waals surface area contributed by atoms with Crippen molar-refractivity contribution >= 4 is 17.6 Å². The van der Waals surface area contributed by atoms with Gasteiger partial charge in [0.25, 0.3) is 5.91 Å². The summed E-state index contributed by atoms with van der Waals surface area (Å²) < 4.78 is 1.21. The van der Waals surface area contributed by atoms with E-state index in [0.717, 1.165) is 11.1 Å². The van der Waals surface area contributed by atoms with E-state index >= 15 is 0 Å². The van der Waals surface area contributed by atoms with Crippen LogP contribution in [0.1, 0.15) is 32.0 Å². The molecule has 6 heteroatoms. The van der Waals surface area contributed by atoms with Crippen molar-refractivity contribution < 1.29 is 14.7 Å². The van der Waals surface area contributed by atoms with E-state index in [1.54, 1.807) is 12.1 Å². The lowest BCUT2D eigenvalue weighted by atomic mass is 10.1. The monoisotopic (exact) mass is 273 g/mol. The van der Waals surface area contributed by atoms with Crippen LogP contribution in [0.5, 0.6) is 0 Å². The van der Waals surface area contributed by atoms with Gasteiger partial charge in [-0.15, -0.1) is 0 Å². The number of rotatable bonds is 3. The summed E-state index contributed by atoms with van der Waals surface area (Å²) in [6.45, 7) is 3.87. The van der Waals surface area contributed by atoms with Crippen molar-refractivity contribution in [3.63, 3.8) is 0 Å². The van der Waals surface area contributed by atoms with Crippen LogP contribution in [-0.2, 0) is 7.05 Å². The predicted octanol–water partition coefficient (Wildman–Crippen LogP) is 1.99. The Morgan fingerprint density at radius 2 is 1.95 bits per heavy atom. The van der Waals surface area contributed by atoms with E-state index in [-0.39, 0.29) is 17.3 Å². The molecule has 0 fully saturated rings. The van der Waals surface area contributed by atoms with Crippen molar-refractivity contribution in [1.82, 2.24) is 9.78 Å². The van der Waals surface area contributed by atoms with Crippen molar-refractivity contribution in [1.29, 1.82) is 0 Å². The van der Waals surface area contributed by atoms with E-state index < -0.39 is 5.97 Å². The van der Waals surface area contributed by atoms with Gasteiger partial charge in [-0.3, -0.25) is 9.48 Å². The number of carbonyl (C=O) groups excluding carboxylic acids is 1. The van der Waals surface area contributed by atoms with Crippen LogP contribution in [0.4, 0.5) is 5.69 Å². The quantitative estimate of drug-likeness (QED) is 0.895. The van der Waals surface area contributed by atoms with Crippen LogP contribution in [0.2, 0.25) is 0 Å². The number of benzene rings is 1. The number of hydrogen-bond donors (Lipinski definition) is 2. The first kappa shape index (κ1) is 13.8. The van der Waals surface area contributed by atoms with Crippen LogP contribution in [0, 0.1) is 13.8 Å². The molecule has 2 aromatic rings. The van der Waals surface area contributed by atoms with E-state index in [4.69, 9.17) is 5.11 Å². The third kappa shape index (κ3) is 2.54. The van der Waals surface area contributed by atoms with E-state index in [1.807, 2.05) is 19.9 Å². The zero-order valence-electron chi connectivity index (χ0n) is 11.5. The number of aryl methyl sites for hydroxylation is 3. The summed E-state index contributed by atoms with van der Waals surface area (Å²) in [6.07, 6.45) is 1.32. The molecule has 0 saturated heterocycles. The number of carboxylic acid groups (broad SMARTS) is 1. The minimum atomic E-state index is -1.14. The van der Waals surface area contributed by atoms with Gasteiger partial charge < -0.3 is 10.4 Å². The van der Waals surface area contributed by atoms with Crippen LogP contribution < -0.4 is 5.32 Å². The third-order valence-electron chi connectivity index (χ3n) is 3.16. The molecule has 6 nitrogen and oxygen atoms in total. The summed E-state index contributed by atoms with van der Waals surface area (Å²) in [4.78, 5) is 23.2. The van der Waals surface area contributed by atoms with Gasteiger partial charge in [-0.05, 0) is 37.1 Å². The lowest BCUT2D eigenvalue weighted by molar-refractivity contribution is 0.0686. The minimum absolute atomic E-state index is 0.0535. The molecule has 0 radical (unpaired) electrons. The molecule has 104 valence electrons. The number of anilines is 1. The summed E-state index contributed by atoms with van der Waals surface area (Å²) in [5.74, 6) is -1.50. The maximum atomic E-state index is 12.1. The van der Waals surface area contributed by atoms with E-state index in [0.29, 0.717) is 5.56 Å². The molecule has 1 aromatic heterocycles. The second-order valence-corrected chi connectivity index (χ2v) is 4.59. The molecule has 0 saturated carbocycles. The van der Waals surface area contributed by atoms with Crippen molar-refractivity contribution in [3.05, 3.63) is 46.8 Å². The van der Waals surface area contributed by atoms with E-state index in [2.05, 4.69) is 10.4 Å². The summed E-state index contributed by atoms with van der Waals surface area (Å²) in [7, 11) is 1.51. The highest BCUT2D eigenvalue weighted by molar-refractivity contribution is 6.07. The average Bonchev–Trinajstić information content (AvgIpc) is 2.73. The second kappa shape index (κ2) is 5.16. The highest BCUT2D eigenvalue weighted by atomic mass is 16.4. The Morgan fingerprint density at radius 3 is 2.55 bits per heavy atom. The Bertz CT molecular complexity index is 689. The highest BCUT2D eigenvalue weighted by Crippen LogP contribution is 2.16. The van der Waals surface area contributed by atoms with Gasteiger partial charge in [-0.25, -0.2) is 4.79 Å². The SMILES string of the molecule is Cc1ccc(C(=O)Nc2cnn(C)c2C(=O)O)cc1C. The number of nitrogens with zero attached hydrogens (tertiary/aromatic N) is 2. The maximum absolute atomic E-state index is 12.1. The molecule has 0 bridgehead atoms. The maximum Gasteiger partial charge on any atom is 0.356 e. The van der Waals surface area contributed by atoms with Crippen LogP contribution in [0.15, 0.2) is 24.4 Å². The largest absolute Gasteiger partial charge is 0.476 e. The fourth-order valence-corrected chi connectivity index (χ4v) is 1.86.